The van der Waals surface area contributed by atoms with Crippen LogP contribution in [0.5, 0.6) is 0 Å². The highest BCUT2D eigenvalue weighted by Gasteiger charge is 2.25. The maximum absolute atomic E-state index is 11.2. The van der Waals surface area contributed by atoms with Crippen LogP contribution in [0.15, 0.2) is 59.3 Å². The third-order valence-corrected chi connectivity index (χ3v) is 2.54. The average molecular weight is 200 g/mol. The van der Waals surface area contributed by atoms with E-state index in [1.54, 1.807) is 0 Å². The summed E-state index contributed by atoms with van der Waals surface area (Å²) in [5.41, 5.74) is 2.74. The first-order valence-electron chi connectivity index (χ1n) is 4.86. The monoisotopic (exact) mass is 200 g/mol. The fraction of sp³-hybridized carbons (Fsp3) is 0.154. The molecular formula is C13H12O2. The molecule has 0 aromatic carbocycles. The SMILES string of the molecule is CC1=CC2=CC=CC=C(C=C1)C2C(=O)O. The highest BCUT2D eigenvalue weighted by Crippen LogP contribution is 2.29. The summed E-state index contributed by atoms with van der Waals surface area (Å²) in [7, 11) is 0. The second-order valence-electron chi connectivity index (χ2n) is 3.71. The van der Waals surface area contributed by atoms with Crippen LogP contribution in [0.4, 0.5) is 0 Å². The molecule has 0 saturated carbocycles. The van der Waals surface area contributed by atoms with Crippen molar-refractivity contribution in [2.45, 2.75) is 6.92 Å². The number of aliphatic carboxylic acids is 1. The molecule has 0 spiro atoms. The maximum atomic E-state index is 11.2. The summed E-state index contributed by atoms with van der Waals surface area (Å²) in [6.07, 6.45) is 13.2. The summed E-state index contributed by atoms with van der Waals surface area (Å²) in [5.74, 6) is -1.33. The van der Waals surface area contributed by atoms with Crippen LogP contribution >= 0.6 is 0 Å². The Kier molecular flexibility index (Phi) is 2.42. The van der Waals surface area contributed by atoms with Crippen LogP contribution in [0, 0.1) is 5.92 Å². The number of carboxylic acid groups (broad SMARTS) is 1. The molecule has 2 nitrogen and oxygen atoms in total. The van der Waals surface area contributed by atoms with Crippen molar-refractivity contribution in [3.63, 3.8) is 0 Å². The number of rotatable bonds is 1. The van der Waals surface area contributed by atoms with Gasteiger partial charge in [-0.25, -0.2) is 0 Å². The second-order valence-corrected chi connectivity index (χ2v) is 3.71. The zero-order valence-electron chi connectivity index (χ0n) is 8.47. The summed E-state index contributed by atoms with van der Waals surface area (Å²) in [4.78, 5) is 11.2. The van der Waals surface area contributed by atoms with Crippen LogP contribution in [-0.4, -0.2) is 11.1 Å². The first-order valence-corrected chi connectivity index (χ1v) is 4.86. The Bertz CT molecular complexity index is 445. The van der Waals surface area contributed by atoms with Crippen LogP contribution in [0.25, 0.3) is 0 Å². The second kappa shape index (κ2) is 3.73. The Morgan fingerprint density at radius 2 is 1.87 bits per heavy atom. The number of allylic oxidation sites excluding steroid dienone is 8. The molecule has 76 valence electrons. The van der Waals surface area contributed by atoms with Gasteiger partial charge in [-0.3, -0.25) is 4.79 Å². The first-order chi connectivity index (χ1) is 7.18. The molecule has 0 amide bonds. The van der Waals surface area contributed by atoms with Crippen molar-refractivity contribution in [1.82, 2.24) is 0 Å². The molecule has 1 atom stereocenters. The smallest absolute Gasteiger partial charge is 0.315 e. The Balaban J connectivity index is 2.59. The lowest BCUT2D eigenvalue weighted by Crippen LogP contribution is -2.16. The van der Waals surface area contributed by atoms with Crippen molar-refractivity contribution >= 4 is 5.97 Å². The molecule has 2 rings (SSSR count). The van der Waals surface area contributed by atoms with E-state index in [4.69, 9.17) is 0 Å². The van der Waals surface area contributed by atoms with Gasteiger partial charge in [-0.2, -0.15) is 0 Å². The van der Waals surface area contributed by atoms with E-state index in [0.29, 0.717) is 0 Å². The van der Waals surface area contributed by atoms with E-state index < -0.39 is 11.9 Å². The van der Waals surface area contributed by atoms with Crippen molar-refractivity contribution in [3.05, 3.63) is 59.3 Å². The predicted octanol–water partition coefficient (Wildman–Crippen LogP) is 2.63. The fourth-order valence-corrected chi connectivity index (χ4v) is 1.83. The summed E-state index contributed by atoms with van der Waals surface area (Å²) in [6.45, 7) is 1.97. The standard InChI is InChI=1S/C13H12O2/c1-9-6-7-10-4-2-3-5-11(8-9)12(10)13(14)15/h2-8,12H,1H3,(H,14,15). The molecule has 2 aliphatic rings. The number of carbonyl (C=O) groups is 1. The fourth-order valence-electron chi connectivity index (χ4n) is 1.83. The lowest BCUT2D eigenvalue weighted by atomic mass is 9.92. The third-order valence-electron chi connectivity index (χ3n) is 2.54. The molecule has 1 unspecified atom stereocenters. The predicted molar refractivity (Wildman–Crippen MR) is 59.3 cm³/mol. The Hall–Kier alpha value is -1.83. The van der Waals surface area contributed by atoms with Crippen LogP contribution in [-0.2, 0) is 4.79 Å². The van der Waals surface area contributed by atoms with Gasteiger partial charge in [0, 0.05) is 0 Å². The molecule has 15 heavy (non-hydrogen) atoms. The van der Waals surface area contributed by atoms with Gasteiger partial charge in [0.05, 0.1) is 0 Å². The quantitative estimate of drug-likeness (QED) is 0.706. The van der Waals surface area contributed by atoms with Gasteiger partial charge < -0.3 is 5.11 Å². The van der Waals surface area contributed by atoms with Crippen molar-refractivity contribution in [1.29, 1.82) is 0 Å². The van der Waals surface area contributed by atoms with Crippen LogP contribution in [0.1, 0.15) is 6.92 Å². The Morgan fingerprint density at radius 1 is 1.20 bits per heavy atom. The minimum atomic E-state index is -0.799. The van der Waals surface area contributed by atoms with Crippen molar-refractivity contribution in [2.75, 3.05) is 0 Å². The Morgan fingerprint density at radius 3 is 2.53 bits per heavy atom. The van der Waals surface area contributed by atoms with Crippen LogP contribution in [0.3, 0.4) is 0 Å². The summed E-state index contributed by atoms with van der Waals surface area (Å²) in [6, 6.07) is 0. The number of fused-ring (bicyclic) bond motifs is 2. The van der Waals surface area contributed by atoms with Gasteiger partial charge in [0.1, 0.15) is 5.92 Å². The van der Waals surface area contributed by atoms with Gasteiger partial charge >= 0.3 is 5.97 Å². The van der Waals surface area contributed by atoms with E-state index in [2.05, 4.69) is 0 Å². The minimum absolute atomic E-state index is 0.534. The van der Waals surface area contributed by atoms with Gasteiger partial charge in [0.2, 0.25) is 0 Å². The molecule has 0 aromatic rings. The van der Waals surface area contributed by atoms with E-state index in [9.17, 15) is 9.90 Å². The largest absolute Gasteiger partial charge is 0.481 e. The van der Waals surface area contributed by atoms with Gasteiger partial charge in [-0.15, -0.1) is 0 Å². The van der Waals surface area contributed by atoms with Gasteiger partial charge in [-0.05, 0) is 18.1 Å². The van der Waals surface area contributed by atoms with Gasteiger partial charge in [0.15, 0.2) is 0 Å². The molecule has 0 saturated heterocycles. The third kappa shape index (κ3) is 1.84. The molecule has 0 aliphatic heterocycles. The zero-order valence-corrected chi connectivity index (χ0v) is 8.47. The van der Waals surface area contributed by atoms with Crippen LogP contribution < -0.4 is 0 Å². The van der Waals surface area contributed by atoms with Crippen LogP contribution in [0.2, 0.25) is 0 Å². The highest BCUT2D eigenvalue weighted by molar-refractivity contribution is 5.80. The molecule has 1 N–H and O–H groups in total. The van der Waals surface area contributed by atoms with Gasteiger partial charge in [0.25, 0.3) is 0 Å². The van der Waals surface area contributed by atoms with Crippen molar-refractivity contribution < 1.29 is 9.90 Å². The summed E-state index contributed by atoms with van der Waals surface area (Å²) >= 11 is 0. The molecular weight excluding hydrogens is 188 g/mol. The van der Waals surface area contributed by atoms with E-state index in [0.717, 1.165) is 16.7 Å². The molecule has 2 aliphatic carbocycles. The minimum Gasteiger partial charge on any atom is -0.481 e. The highest BCUT2D eigenvalue weighted by atomic mass is 16.4. The number of hydrogen-bond donors (Lipinski definition) is 1. The lowest BCUT2D eigenvalue weighted by molar-refractivity contribution is -0.139. The summed E-state index contributed by atoms with van der Waals surface area (Å²) < 4.78 is 0. The van der Waals surface area contributed by atoms with E-state index in [-0.39, 0.29) is 0 Å². The first kappa shape index (κ1) is 9.71. The molecule has 0 aromatic heterocycles. The number of hydrogen-bond acceptors (Lipinski definition) is 1. The normalized spacial score (nSPS) is 23.5. The molecule has 0 radical (unpaired) electrons. The molecule has 0 heterocycles. The lowest BCUT2D eigenvalue weighted by Gasteiger charge is -2.12. The average Bonchev–Trinajstić information content (AvgIpc) is 2.45. The molecule has 2 bridgehead atoms. The summed E-state index contributed by atoms with van der Waals surface area (Å²) in [5, 5.41) is 9.21. The molecule has 2 heteroatoms. The zero-order chi connectivity index (χ0) is 10.8. The van der Waals surface area contributed by atoms with Crippen molar-refractivity contribution in [2.24, 2.45) is 5.92 Å². The van der Waals surface area contributed by atoms with Gasteiger partial charge in [-0.1, -0.05) is 48.1 Å². The maximum Gasteiger partial charge on any atom is 0.315 e. The Labute approximate surface area is 88.6 Å². The van der Waals surface area contributed by atoms with E-state index in [1.807, 2.05) is 49.5 Å². The van der Waals surface area contributed by atoms with E-state index >= 15 is 0 Å². The van der Waals surface area contributed by atoms with E-state index in [1.165, 1.54) is 0 Å². The van der Waals surface area contributed by atoms with Crippen molar-refractivity contribution in [3.8, 4) is 0 Å². The topological polar surface area (TPSA) is 37.3 Å². The molecule has 0 fully saturated rings. The number of carboxylic acids is 1.